The number of allylic oxidation sites excluding steroid dienone is 1. The summed E-state index contributed by atoms with van der Waals surface area (Å²) in [6.45, 7) is 0. The zero-order chi connectivity index (χ0) is 24.9. The summed E-state index contributed by atoms with van der Waals surface area (Å²) in [5, 5.41) is -2.86. The van der Waals surface area contributed by atoms with Gasteiger partial charge in [-0.1, -0.05) is 11.6 Å². The highest BCUT2D eigenvalue weighted by Crippen LogP contribution is 2.64. The van der Waals surface area contributed by atoms with Gasteiger partial charge in [0, 0.05) is 0 Å². The molecule has 19 heteroatoms. The predicted octanol–water partition coefficient (Wildman–Crippen LogP) is 7.09. The third-order valence-corrected chi connectivity index (χ3v) is 3.64. The van der Waals surface area contributed by atoms with Gasteiger partial charge in [0.15, 0.2) is 0 Å². The van der Waals surface area contributed by atoms with E-state index in [9.17, 15) is 79.0 Å². The molecule has 30 heavy (non-hydrogen) atoms. The van der Waals surface area contributed by atoms with Crippen LogP contribution in [0.5, 0.6) is 0 Å². The second kappa shape index (κ2) is 7.72. The van der Waals surface area contributed by atoms with E-state index in [-0.39, 0.29) is 0 Å². The van der Waals surface area contributed by atoms with Crippen LogP contribution in [-0.4, -0.2) is 54.1 Å². The molecule has 0 aromatic heterocycles. The van der Waals surface area contributed by atoms with Crippen molar-refractivity contribution in [3.05, 3.63) is 11.4 Å². The summed E-state index contributed by atoms with van der Waals surface area (Å²) < 4.78 is 232. The summed E-state index contributed by atoms with van der Waals surface area (Å²) >= 11 is 4.23. The Bertz CT molecular complexity index is 643. The van der Waals surface area contributed by atoms with E-state index in [2.05, 4.69) is 11.6 Å². The Hall–Kier alpha value is -1.23. The number of hydrogen-bond acceptors (Lipinski definition) is 0. The van der Waals surface area contributed by atoms with E-state index in [0.717, 1.165) is 0 Å². The van der Waals surface area contributed by atoms with E-state index in [1.165, 1.54) is 0 Å². The molecule has 0 saturated heterocycles. The molecule has 0 saturated carbocycles. The summed E-state index contributed by atoms with van der Waals surface area (Å²) in [4.78, 5) is 0. The molecule has 0 N–H and O–H groups in total. The second-order valence-corrected chi connectivity index (χ2v) is 5.75. The van der Waals surface area contributed by atoms with Crippen LogP contribution in [-0.2, 0) is 0 Å². The van der Waals surface area contributed by atoms with Gasteiger partial charge in [0.1, 0.15) is 6.33 Å². The Morgan fingerprint density at radius 3 is 1.27 bits per heavy atom. The minimum atomic E-state index is -8.70. The summed E-state index contributed by atoms with van der Waals surface area (Å²) in [5.74, 6) is -32.9. The fourth-order valence-electron chi connectivity index (χ4n) is 1.77. The molecule has 3 unspecified atom stereocenters. The molecular weight excluding hydrogens is 510 g/mol. The van der Waals surface area contributed by atoms with E-state index < -0.39 is 65.4 Å². The highest BCUT2D eigenvalue weighted by molar-refractivity contribution is 6.30. The average molecular weight is 513 g/mol. The van der Waals surface area contributed by atoms with Crippen molar-refractivity contribution in [1.29, 1.82) is 0 Å². The Balaban J connectivity index is 7.09. The lowest BCUT2D eigenvalue weighted by molar-refractivity contribution is -0.439. The molecule has 0 rings (SSSR count). The van der Waals surface area contributed by atoms with Gasteiger partial charge in [0.05, 0.1) is 5.03 Å². The van der Waals surface area contributed by atoms with Crippen LogP contribution in [0.2, 0.25) is 0 Å². The van der Waals surface area contributed by atoms with Crippen molar-refractivity contribution in [2.24, 2.45) is 0 Å². The lowest BCUT2D eigenvalue weighted by Crippen LogP contribution is -2.77. The molecule has 0 heterocycles. The van der Waals surface area contributed by atoms with Gasteiger partial charge in [-0.05, 0) is 0 Å². The van der Waals surface area contributed by atoms with Crippen LogP contribution in [0.4, 0.5) is 79.0 Å². The molecule has 0 amide bonds. The lowest BCUT2D eigenvalue weighted by atomic mass is 9.80. The molecule has 0 fully saturated rings. The zero-order valence-corrected chi connectivity index (χ0v) is 13.7. The standard InChI is InChI=1S/C11H3ClF18/c12-2(1-13)3(14)5(16,17)8(23,11(28,29)30)10(26,27)9(24,25)6(18,19)4(15)7(20,21)22/h1,3-4H. The summed E-state index contributed by atoms with van der Waals surface area (Å²) in [6, 6.07) is 0. The van der Waals surface area contributed by atoms with E-state index in [4.69, 9.17) is 0 Å². The largest absolute Gasteiger partial charge is 0.435 e. The monoisotopic (exact) mass is 512 g/mol. The average Bonchev–Trinajstić information content (AvgIpc) is 2.56. The first-order chi connectivity index (χ1) is 12.8. The van der Waals surface area contributed by atoms with Crippen molar-refractivity contribution >= 4 is 11.6 Å². The second-order valence-electron chi connectivity index (χ2n) is 5.31. The molecule has 180 valence electrons. The van der Waals surface area contributed by atoms with Crippen LogP contribution in [0, 0.1) is 0 Å². The molecule has 0 aliphatic rings. The van der Waals surface area contributed by atoms with E-state index in [1.54, 1.807) is 0 Å². The van der Waals surface area contributed by atoms with Crippen molar-refractivity contribution in [1.82, 2.24) is 0 Å². The Morgan fingerprint density at radius 2 is 1.00 bits per heavy atom. The summed E-state index contributed by atoms with van der Waals surface area (Å²) in [6.07, 6.45) is -28.8. The molecule has 0 radical (unpaired) electrons. The van der Waals surface area contributed by atoms with Gasteiger partial charge in [-0.15, -0.1) is 0 Å². The molecule has 3 atom stereocenters. The van der Waals surface area contributed by atoms with Crippen LogP contribution in [0.3, 0.4) is 0 Å². The van der Waals surface area contributed by atoms with Crippen molar-refractivity contribution in [3.8, 4) is 0 Å². The first-order valence-electron chi connectivity index (χ1n) is 6.37. The maximum atomic E-state index is 13.9. The molecule has 0 aromatic carbocycles. The van der Waals surface area contributed by atoms with Gasteiger partial charge >= 0.3 is 41.7 Å². The SMILES string of the molecule is FC=C(Cl)C(F)C(F)(F)C(F)(C(F)(F)F)C(F)(F)C(F)(F)C(F)(F)C(F)C(F)(F)F. The summed E-state index contributed by atoms with van der Waals surface area (Å²) in [5.41, 5.74) is -8.46. The third-order valence-electron chi connectivity index (χ3n) is 3.37. The van der Waals surface area contributed by atoms with Gasteiger partial charge < -0.3 is 0 Å². The van der Waals surface area contributed by atoms with E-state index >= 15 is 0 Å². The van der Waals surface area contributed by atoms with Gasteiger partial charge in [-0.25, -0.2) is 17.6 Å². The quantitative estimate of drug-likeness (QED) is 0.320. The maximum Gasteiger partial charge on any atom is 0.435 e. The molecule has 0 aliphatic heterocycles. The maximum absolute atomic E-state index is 13.9. The Morgan fingerprint density at radius 1 is 0.633 bits per heavy atom. The Kier molecular flexibility index (Phi) is 7.40. The van der Waals surface area contributed by atoms with E-state index in [0.29, 0.717) is 0 Å². The Labute approximate surface area is 157 Å². The van der Waals surface area contributed by atoms with Crippen LogP contribution in [0.25, 0.3) is 0 Å². The van der Waals surface area contributed by atoms with Crippen LogP contribution < -0.4 is 0 Å². The zero-order valence-electron chi connectivity index (χ0n) is 12.9. The van der Waals surface area contributed by atoms with E-state index in [1.807, 2.05) is 0 Å². The fourth-order valence-corrected chi connectivity index (χ4v) is 1.91. The molecule has 0 bridgehead atoms. The third kappa shape index (κ3) is 3.87. The molecular formula is C11H3ClF18. The van der Waals surface area contributed by atoms with Crippen molar-refractivity contribution < 1.29 is 79.0 Å². The van der Waals surface area contributed by atoms with Crippen LogP contribution in [0.15, 0.2) is 11.4 Å². The lowest BCUT2D eigenvalue weighted by Gasteiger charge is -2.45. The number of hydrogen-bond donors (Lipinski definition) is 0. The smallest absolute Gasteiger partial charge is 0.234 e. The molecule has 0 aliphatic carbocycles. The number of halogens is 19. The van der Waals surface area contributed by atoms with Gasteiger partial charge in [-0.3, -0.25) is 0 Å². The molecule has 0 spiro atoms. The van der Waals surface area contributed by atoms with Crippen molar-refractivity contribution in [2.45, 2.75) is 54.1 Å². The first kappa shape index (κ1) is 28.8. The van der Waals surface area contributed by atoms with Crippen LogP contribution in [0.1, 0.15) is 0 Å². The molecule has 0 nitrogen and oxygen atoms in total. The van der Waals surface area contributed by atoms with Crippen LogP contribution >= 0.6 is 11.6 Å². The number of alkyl halides is 17. The minimum Gasteiger partial charge on any atom is -0.234 e. The highest BCUT2D eigenvalue weighted by atomic mass is 35.5. The minimum absolute atomic E-state index is 1.59. The summed E-state index contributed by atoms with van der Waals surface area (Å²) in [7, 11) is 0. The van der Waals surface area contributed by atoms with Gasteiger partial charge in [0.25, 0.3) is 6.17 Å². The number of rotatable bonds is 7. The first-order valence-corrected chi connectivity index (χ1v) is 6.75. The van der Waals surface area contributed by atoms with Gasteiger partial charge in [0.2, 0.25) is 6.17 Å². The molecule has 0 aromatic rings. The van der Waals surface area contributed by atoms with Gasteiger partial charge in [-0.2, -0.15) is 61.5 Å². The topological polar surface area (TPSA) is 0 Å². The fraction of sp³-hybridized carbons (Fsp3) is 0.818. The highest BCUT2D eigenvalue weighted by Gasteiger charge is 2.94. The predicted molar refractivity (Wildman–Crippen MR) is 60.6 cm³/mol. The van der Waals surface area contributed by atoms with Crippen molar-refractivity contribution in [3.63, 3.8) is 0 Å². The van der Waals surface area contributed by atoms with Crippen molar-refractivity contribution in [2.75, 3.05) is 0 Å². The normalized spacial score (nSPS) is 20.0.